The van der Waals surface area contributed by atoms with Gasteiger partial charge in [-0.2, -0.15) is 0 Å². The number of rotatable bonds is 5. The number of nitrogens with two attached hydrogens (primary N) is 1. The summed E-state index contributed by atoms with van der Waals surface area (Å²) >= 11 is 0. The standard InChI is InChI=1S/C12H24N2O2/c1-9(2)10(15)8-14-11(16)7-12(13)5-3-4-6-12/h9-10,15H,3-8,13H2,1-2H3,(H,14,16). The second kappa shape index (κ2) is 5.64. The molecule has 0 spiro atoms. The molecular weight excluding hydrogens is 204 g/mol. The van der Waals surface area contributed by atoms with Crippen LogP contribution in [-0.4, -0.2) is 29.2 Å². The van der Waals surface area contributed by atoms with Crippen LogP contribution in [0.2, 0.25) is 0 Å². The number of nitrogens with one attached hydrogen (secondary N) is 1. The number of carbonyl (C=O) groups excluding carboxylic acids is 1. The molecule has 4 nitrogen and oxygen atoms in total. The van der Waals surface area contributed by atoms with Gasteiger partial charge >= 0.3 is 0 Å². The number of aliphatic hydroxyl groups is 1. The largest absolute Gasteiger partial charge is 0.391 e. The van der Waals surface area contributed by atoms with Gasteiger partial charge in [0.25, 0.3) is 0 Å². The first-order valence-corrected chi connectivity index (χ1v) is 6.17. The first-order chi connectivity index (χ1) is 7.43. The quantitative estimate of drug-likeness (QED) is 0.651. The summed E-state index contributed by atoms with van der Waals surface area (Å²) in [5, 5.41) is 12.3. The fourth-order valence-electron chi connectivity index (χ4n) is 2.09. The molecule has 0 heterocycles. The van der Waals surface area contributed by atoms with Crippen molar-refractivity contribution in [2.75, 3.05) is 6.54 Å². The van der Waals surface area contributed by atoms with E-state index in [1.165, 1.54) is 0 Å². The Morgan fingerprint density at radius 3 is 2.50 bits per heavy atom. The number of hydrogen-bond acceptors (Lipinski definition) is 3. The maximum absolute atomic E-state index is 11.6. The molecule has 0 aromatic carbocycles. The average Bonchev–Trinajstić information content (AvgIpc) is 2.60. The molecule has 1 amide bonds. The van der Waals surface area contributed by atoms with Crippen LogP contribution in [0.3, 0.4) is 0 Å². The highest BCUT2D eigenvalue weighted by Gasteiger charge is 2.31. The molecule has 0 aromatic rings. The summed E-state index contributed by atoms with van der Waals surface area (Å²) in [5.74, 6) is 0.128. The van der Waals surface area contributed by atoms with Crippen molar-refractivity contribution < 1.29 is 9.90 Å². The molecule has 0 radical (unpaired) electrons. The molecule has 1 aliphatic carbocycles. The lowest BCUT2D eigenvalue weighted by molar-refractivity contribution is -0.122. The van der Waals surface area contributed by atoms with Gasteiger partial charge in [0.2, 0.25) is 5.91 Å². The molecule has 1 saturated carbocycles. The minimum absolute atomic E-state index is 0.0379. The average molecular weight is 228 g/mol. The van der Waals surface area contributed by atoms with E-state index in [9.17, 15) is 9.90 Å². The third-order valence-corrected chi connectivity index (χ3v) is 3.39. The maximum atomic E-state index is 11.6. The summed E-state index contributed by atoms with van der Waals surface area (Å²) in [6.45, 7) is 4.18. The van der Waals surface area contributed by atoms with Crippen molar-refractivity contribution in [2.24, 2.45) is 11.7 Å². The highest BCUT2D eigenvalue weighted by atomic mass is 16.3. The molecule has 4 N–H and O–H groups in total. The van der Waals surface area contributed by atoms with Crippen molar-refractivity contribution in [3.05, 3.63) is 0 Å². The zero-order valence-electron chi connectivity index (χ0n) is 10.3. The van der Waals surface area contributed by atoms with Gasteiger partial charge in [-0.15, -0.1) is 0 Å². The van der Waals surface area contributed by atoms with Gasteiger partial charge in [-0.3, -0.25) is 4.79 Å². The van der Waals surface area contributed by atoms with Gasteiger partial charge in [-0.05, 0) is 18.8 Å². The Hall–Kier alpha value is -0.610. The van der Waals surface area contributed by atoms with Crippen molar-refractivity contribution >= 4 is 5.91 Å². The van der Waals surface area contributed by atoms with Crippen LogP contribution in [0.1, 0.15) is 46.0 Å². The van der Waals surface area contributed by atoms with Crippen LogP contribution in [0, 0.1) is 5.92 Å². The minimum atomic E-state index is -0.471. The molecular formula is C12H24N2O2. The van der Waals surface area contributed by atoms with Gasteiger partial charge < -0.3 is 16.2 Å². The smallest absolute Gasteiger partial charge is 0.221 e. The van der Waals surface area contributed by atoms with E-state index < -0.39 is 6.10 Å². The Bertz CT molecular complexity index is 235. The molecule has 1 aliphatic rings. The summed E-state index contributed by atoms with van der Waals surface area (Å²) in [5.41, 5.74) is 5.80. The third kappa shape index (κ3) is 4.10. The van der Waals surface area contributed by atoms with Crippen LogP contribution in [0.25, 0.3) is 0 Å². The summed E-state index contributed by atoms with van der Waals surface area (Å²) in [6, 6.07) is 0. The van der Waals surface area contributed by atoms with Crippen molar-refractivity contribution in [1.29, 1.82) is 0 Å². The number of hydrogen-bond donors (Lipinski definition) is 3. The maximum Gasteiger partial charge on any atom is 0.221 e. The molecule has 1 atom stereocenters. The summed E-state index contributed by atoms with van der Waals surface area (Å²) in [4.78, 5) is 11.6. The lowest BCUT2D eigenvalue weighted by Gasteiger charge is -2.23. The molecule has 1 rings (SSSR count). The van der Waals surface area contributed by atoms with E-state index in [2.05, 4.69) is 5.32 Å². The van der Waals surface area contributed by atoms with E-state index in [0.29, 0.717) is 13.0 Å². The predicted octanol–water partition coefficient (Wildman–Crippen LogP) is 0.781. The molecule has 0 aliphatic heterocycles. The van der Waals surface area contributed by atoms with Gasteiger partial charge in [0, 0.05) is 18.5 Å². The van der Waals surface area contributed by atoms with E-state index in [4.69, 9.17) is 5.73 Å². The van der Waals surface area contributed by atoms with Crippen molar-refractivity contribution in [3.63, 3.8) is 0 Å². The molecule has 1 unspecified atom stereocenters. The number of carbonyl (C=O) groups is 1. The highest BCUT2D eigenvalue weighted by Crippen LogP contribution is 2.29. The molecule has 1 fully saturated rings. The zero-order chi connectivity index (χ0) is 12.2. The topological polar surface area (TPSA) is 75.3 Å². The van der Waals surface area contributed by atoms with Gasteiger partial charge in [0.05, 0.1) is 6.10 Å². The first kappa shape index (κ1) is 13.5. The van der Waals surface area contributed by atoms with Crippen molar-refractivity contribution in [2.45, 2.75) is 57.6 Å². The van der Waals surface area contributed by atoms with Gasteiger partial charge in [-0.25, -0.2) is 0 Å². The van der Waals surface area contributed by atoms with Gasteiger partial charge in [0.15, 0.2) is 0 Å². The Morgan fingerprint density at radius 2 is 2.00 bits per heavy atom. The van der Waals surface area contributed by atoms with E-state index in [1.807, 2.05) is 13.8 Å². The molecule has 0 bridgehead atoms. The monoisotopic (exact) mass is 228 g/mol. The van der Waals surface area contributed by atoms with Crippen LogP contribution in [0.4, 0.5) is 0 Å². The lowest BCUT2D eigenvalue weighted by Crippen LogP contribution is -2.44. The molecule has 16 heavy (non-hydrogen) atoms. The van der Waals surface area contributed by atoms with E-state index in [1.54, 1.807) is 0 Å². The minimum Gasteiger partial charge on any atom is -0.391 e. The van der Waals surface area contributed by atoms with Crippen LogP contribution < -0.4 is 11.1 Å². The summed E-state index contributed by atoms with van der Waals surface area (Å²) < 4.78 is 0. The van der Waals surface area contributed by atoms with Crippen LogP contribution in [0.5, 0.6) is 0 Å². The number of aliphatic hydroxyl groups excluding tert-OH is 1. The molecule has 4 heteroatoms. The van der Waals surface area contributed by atoms with Crippen LogP contribution >= 0.6 is 0 Å². The van der Waals surface area contributed by atoms with Crippen LogP contribution in [0.15, 0.2) is 0 Å². The Balaban J connectivity index is 2.25. The van der Waals surface area contributed by atoms with Gasteiger partial charge in [0.1, 0.15) is 0 Å². The molecule has 0 saturated heterocycles. The summed E-state index contributed by atoms with van der Waals surface area (Å²) in [6.07, 6.45) is 4.04. The SMILES string of the molecule is CC(C)C(O)CNC(=O)CC1(N)CCCC1. The van der Waals surface area contributed by atoms with E-state index in [0.717, 1.165) is 25.7 Å². The predicted molar refractivity (Wildman–Crippen MR) is 63.9 cm³/mol. The summed E-state index contributed by atoms with van der Waals surface area (Å²) in [7, 11) is 0. The Labute approximate surface area is 97.6 Å². The fraction of sp³-hybridized carbons (Fsp3) is 0.917. The third-order valence-electron chi connectivity index (χ3n) is 3.39. The first-order valence-electron chi connectivity index (χ1n) is 6.17. The second-order valence-electron chi connectivity index (χ2n) is 5.36. The van der Waals surface area contributed by atoms with E-state index in [-0.39, 0.29) is 17.4 Å². The van der Waals surface area contributed by atoms with Crippen molar-refractivity contribution in [3.8, 4) is 0 Å². The van der Waals surface area contributed by atoms with Crippen LogP contribution in [-0.2, 0) is 4.79 Å². The Morgan fingerprint density at radius 1 is 1.44 bits per heavy atom. The molecule has 0 aromatic heterocycles. The lowest BCUT2D eigenvalue weighted by atomic mass is 9.94. The van der Waals surface area contributed by atoms with Gasteiger partial charge in [-0.1, -0.05) is 26.7 Å². The second-order valence-corrected chi connectivity index (χ2v) is 5.36. The van der Waals surface area contributed by atoms with E-state index >= 15 is 0 Å². The normalized spacial score (nSPS) is 21.1. The number of amides is 1. The Kier molecular flexibility index (Phi) is 4.74. The fourth-order valence-corrected chi connectivity index (χ4v) is 2.09. The molecule has 94 valence electrons. The highest BCUT2D eigenvalue weighted by molar-refractivity contribution is 5.77. The van der Waals surface area contributed by atoms with Crippen molar-refractivity contribution in [1.82, 2.24) is 5.32 Å². The zero-order valence-corrected chi connectivity index (χ0v) is 10.3.